The Morgan fingerprint density at radius 2 is 1.57 bits per heavy atom. The average molecular weight is 605 g/mol. The monoisotopic (exact) mass is 604 g/mol. The van der Waals surface area contributed by atoms with Crippen LogP contribution in [0.5, 0.6) is 11.5 Å². The van der Waals surface area contributed by atoms with E-state index in [1.165, 1.54) is 19.1 Å². The van der Waals surface area contributed by atoms with E-state index in [-0.39, 0.29) is 60.3 Å². The number of aliphatic hydroxyl groups excluding tert-OH is 1. The smallest absolute Gasteiger partial charge is 0.198 e. The van der Waals surface area contributed by atoms with Crippen molar-refractivity contribution < 1.29 is 49.0 Å². The molecule has 6 rings (SSSR count). The number of benzene rings is 3. The van der Waals surface area contributed by atoms with Crippen molar-refractivity contribution in [2.24, 2.45) is 0 Å². The lowest BCUT2D eigenvalue weighted by Gasteiger charge is -2.42. The molecule has 44 heavy (non-hydrogen) atoms. The van der Waals surface area contributed by atoms with Gasteiger partial charge in [0.15, 0.2) is 23.6 Å². The van der Waals surface area contributed by atoms with E-state index in [4.69, 9.17) is 14.2 Å². The second-order valence-corrected chi connectivity index (χ2v) is 11.5. The van der Waals surface area contributed by atoms with Gasteiger partial charge < -0.3 is 34.6 Å². The van der Waals surface area contributed by atoms with Crippen LogP contribution >= 0.6 is 0 Å². The molecule has 2 aliphatic carbocycles. The highest BCUT2D eigenvalue weighted by Crippen LogP contribution is 2.52. The highest BCUT2D eigenvalue weighted by Gasteiger charge is 2.49. The molecule has 3 aromatic carbocycles. The summed E-state index contributed by atoms with van der Waals surface area (Å²) in [5.74, 6) is -3.09. The summed E-state index contributed by atoms with van der Waals surface area (Å²) >= 11 is 0. The molecule has 0 aromatic heterocycles. The molecule has 0 amide bonds. The number of ether oxygens (including phenoxy) is 3. The molecule has 1 saturated heterocycles. The number of aliphatic hydroxyl groups is 2. The van der Waals surface area contributed by atoms with Crippen molar-refractivity contribution >= 4 is 17.3 Å². The summed E-state index contributed by atoms with van der Waals surface area (Å²) in [5.41, 5.74) is -1.76. The number of Topliss-reactive ketones (excluding diaryl/α,β-unsaturated/α-hetero) is 1. The lowest BCUT2D eigenvalue weighted by molar-refractivity contribution is -0.274. The van der Waals surface area contributed by atoms with Crippen molar-refractivity contribution in [3.8, 4) is 11.5 Å². The van der Waals surface area contributed by atoms with Gasteiger partial charge in [-0.25, -0.2) is 0 Å². The SMILES string of the molecule is C.CC(=O)[C@]1(O)Cc2c(O)c3c(c(O)c2[C@H](OC2CC(O)C(OCc4ccccc4)C(C)O2)C1)C(=O)c1ccccc1C3=O. The van der Waals surface area contributed by atoms with Crippen LogP contribution < -0.4 is 0 Å². The lowest BCUT2D eigenvalue weighted by Crippen LogP contribution is -2.50. The summed E-state index contributed by atoms with van der Waals surface area (Å²) in [4.78, 5) is 39.5. The minimum atomic E-state index is -2.00. The van der Waals surface area contributed by atoms with Crippen LogP contribution in [0.4, 0.5) is 0 Å². The molecule has 0 bridgehead atoms. The fourth-order valence-electron chi connectivity index (χ4n) is 6.37. The van der Waals surface area contributed by atoms with E-state index >= 15 is 0 Å². The Balaban J connectivity index is 0.00000384. The number of hydrogen-bond acceptors (Lipinski definition) is 10. The van der Waals surface area contributed by atoms with Crippen molar-refractivity contribution in [3.05, 3.63) is 93.5 Å². The van der Waals surface area contributed by atoms with Crippen LogP contribution in [0, 0.1) is 0 Å². The molecule has 4 unspecified atom stereocenters. The van der Waals surface area contributed by atoms with E-state index in [0.717, 1.165) is 5.56 Å². The van der Waals surface area contributed by atoms with Crippen molar-refractivity contribution in [1.29, 1.82) is 0 Å². The fraction of sp³-hybridized carbons (Fsp3) is 0.382. The third kappa shape index (κ3) is 5.22. The number of carbonyl (C=O) groups excluding carboxylic acids is 3. The van der Waals surface area contributed by atoms with E-state index in [1.807, 2.05) is 30.3 Å². The molecule has 0 spiro atoms. The van der Waals surface area contributed by atoms with Crippen LogP contribution in [0.1, 0.15) is 88.8 Å². The maximum Gasteiger partial charge on any atom is 0.198 e. The van der Waals surface area contributed by atoms with Crippen LogP contribution in [-0.2, 0) is 32.0 Å². The average Bonchev–Trinajstić information content (AvgIpc) is 2.97. The first-order valence-electron chi connectivity index (χ1n) is 14.2. The summed E-state index contributed by atoms with van der Waals surface area (Å²) in [6.07, 6.45) is -5.32. The zero-order valence-electron chi connectivity index (χ0n) is 23.6. The summed E-state index contributed by atoms with van der Waals surface area (Å²) in [5, 5.41) is 45.2. The fourth-order valence-corrected chi connectivity index (χ4v) is 6.37. The Morgan fingerprint density at radius 1 is 0.977 bits per heavy atom. The van der Waals surface area contributed by atoms with Crippen LogP contribution in [0.3, 0.4) is 0 Å². The van der Waals surface area contributed by atoms with Gasteiger partial charge in [0.2, 0.25) is 0 Å². The standard InChI is InChI=1S/C33H32O10.CH4/c1-16-32(41-15-18-8-4-3-5-9-18)22(35)12-24(42-16)43-23-14-33(40,17(2)34)13-21-25(23)31(39)27-26(30(21)38)28(36)19-10-6-7-11-20(19)29(27)37;/h3-11,16,22-24,32,35,38-40H,12-15H2,1-2H3;1H4/t16?,22?,23-,24?,32?,33+;/m1./s1. The molecule has 10 heteroatoms. The van der Waals surface area contributed by atoms with Gasteiger partial charge in [0, 0.05) is 41.5 Å². The van der Waals surface area contributed by atoms with Gasteiger partial charge in [0.05, 0.1) is 36.0 Å². The molecule has 1 aliphatic heterocycles. The number of rotatable bonds is 6. The summed E-state index contributed by atoms with van der Waals surface area (Å²) < 4.78 is 18.2. The zero-order valence-corrected chi connectivity index (χ0v) is 23.6. The molecule has 10 nitrogen and oxygen atoms in total. The van der Waals surface area contributed by atoms with E-state index in [2.05, 4.69) is 0 Å². The first-order chi connectivity index (χ1) is 20.5. The first-order valence-corrected chi connectivity index (χ1v) is 14.2. The van der Waals surface area contributed by atoms with Crippen LogP contribution in [0.15, 0.2) is 54.6 Å². The predicted molar refractivity (Wildman–Crippen MR) is 158 cm³/mol. The maximum absolute atomic E-state index is 13.5. The highest BCUT2D eigenvalue weighted by molar-refractivity contribution is 6.30. The number of ketones is 3. The van der Waals surface area contributed by atoms with E-state index in [9.17, 15) is 34.8 Å². The van der Waals surface area contributed by atoms with Gasteiger partial charge in [-0.2, -0.15) is 0 Å². The molecule has 3 aliphatic rings. The van der Waals surface area contributed by atoms with E-state index in [1.54, 1.807) is 19.1 Å². The van der Waals surface area contributed by atoms with E-state index in [0.29, 0.717) is 0 Å². The molecule has 3 aromatic rings. The second kappa shape index (κ2) is 11.9. The molecule has 1 heterocycles. The molecule has 0 saturated carbocycles. The van der Waals surface area contributed by atoms with Crippen LogP contribution in [0.2, 0.25) is 0 Å². The predicted octanol–water partition coefficient (Wildman–Crippen LogP) is 3.91. The van der Waals surface area contributed by atoms with Gasteiger partial charge in [-0.05, 0) is 19.4 Å². The first kappa shape index (κ1) is 31.5. The molecule has 1 fully saturated rings. The number of carbonyl (C=O) groups is 3. The Morgan fingerprint density at radius 3 is 2.16 bits per heavy atom. The van der Waals surface area contributed by atoms with Crippen molar-refractivity contribution in [1.82, 2.24) is 0 Å². The largest absolute Gasteiger partial charge is 0.507 e. The minimum absolute atomic E-state index is 0. The Kier molecular flexibility index (Phi) is 8.50. The van der Waals surface area contributed by atoms with Gasteiger partial charge in [0.25, 0.3) is 0 Å². The number of phenolic OH excluding ortho intramolecular Hbond substituents is 2. The molecular formula is C34H36O10. The molecule has 0 radical (unpaired) electrons. The number of hydrogen-bond donors (Lipinski definition) is 4. The normalized spacial score (nSPS) is 27.5. The van der Waals surface area contributed by atoms with E-state index < -0.39 is 71.6 Å². The maximum atomic E-state index is 13.5. The van der Waals surface area contributed by atoms with Crippen molar-refractivity contribution in [2.75, 3.05) is 0 Å². The van der Waals surface area contributed by atoms with Gasteiger partial charge >= 0.3 is 0 Å². The molecule has 4 N–H and O–H groups in total. The minimum Gasteiger partial charge on any atom is -0.507 e. The highest BCUT2D eigenvalue weighted by atomic mass is 16.7. The molecule has 6 atom stereocenters. The van der Waals surface area contributed by atoms with Gasteiger partial charge in [-0.1, -0.05) is 62.0 Å². The van der Waals surface area contributed by atoms with Crippen LogP contribution in [0.25, 0.3) is 0 Å². The Hall–Kier alpha value is -3.93. The third-order valence-electron chi connectivity index (χ3n) is 8.67. The second-order valence-electron chi connectivity index (χ2n) is 11.5. The Labute approximate surface area is 254 Å². The third-order valence-corrected chi connectivity index (χ3v) is 8.67. The number of aromatic hydroxyl groups is 2. The molecular weight excluding hydrogens is 568 g/mol. The number of fused-ring (bicyclic) bond motifs is 3. The summed E-state index contributed by atoms with van der Waals surface area (Å²) in [6.45, 7) is 3.17. The van der Waals surface area contributed by atoms with Gasteiger partial charge in [-0.15, -0.1) is 0 Å². The topological polar surface area (TPSA) is 160 Å². The number of phenols is 2. The Bertz CT molecular complexity index is 1600. The summed E-state index contributed by atoms with van der Waals surface area (Å²) in [6, 6.07) is 15.6. The van der Waals surface area contributed by atoms with Crippen LogP contribution in [-0.4, -0.2) is 68.0 Å². The van der Waals surface area contributed by atoms with Crippen molar-refractivity contribution in [2.45, 2.75) is 83.5 Å². The summed E-state index contributed by atoms with van der Waals surface area (Å²) in [7, 11) is 0. The van der Waals surface area contributed by atoms with Gasteiger partial charge in [0.1, 0.15) is 23.2 Å². The lowest BCUT2D eigenvalue weighted by atomic mass is 9.72. The quantitative estimate of drug-likeness (QED) is 0.238. The van der Waals surface area contributed by atoms with Crippen molar-refractivity contribution in [3.63, 3.8) is 0 Å². The van der Waals surface area contributed by atoms with Gasteiger partial charge in [-0.3, -0.25) is 14.4 Å². The molecule has 232 valence electrons. The zero-order chi connectivity index (χ0) is 30.6.